The number of H-pyrrole nitrogens is 1. The van der Waals surface area contributed by atoms with Crippen LogP contribution in [0.5, 0.6) is 0 Å². The van der Waals surface area contributed by atoms with Gasteiger partial charge in [-0.05, 0) is 49.9 Å². The summed E-state index contributed by atoms with van der Waals surface area (Å²) in [5, 5.41) is 10.4. The molecule has 4 unspecified atom stereocenters. The van der Waals surface area contributed by atoms with Crippen LogP contribution >= 0.6 is 0 Å². The molecule has 0 bridgehead atoms. The number of likely N-dealkylation sites (tertiary alicyclic amines) is 1. The number of hydrogen-bond acceptors (Lipinski definition) is 6. The number of amides is 2. The average Bonchev–Trinajstić information content (AvgIpc) is 3.28. The number of anilines is 1. The van der Waals surface area contributed by atoms with Gasteiger partial charge in [0.05, 0.1) is 24.3 Å². The standard InChI is InChI=1S/C27H31N5O4/c1-16(12-21-6-3-10-35-21)27(34)32-15-19(14-23-22(32)9-11-36-23)26(33)28-20-5-2-4-18(13-20)25-29-24(30-31-25)17-7-8-17/h2-6,10,13,16-17,19,22-23H,7-9,11-12,14-15H2,1H3,(H,28,33)(H,29,30,31). The van der Waals surface area contributed by atoms with Crippen LogP contribution in [0.4, 0.5) is 5.69 Å². The molecule has 3 fully saturated rings. The van der Waals surface area contributed by atoms with Crippen LogP contribution in [0.25, 0.3) is 11.4 Å². The minimum Gasteiger partial charge on any atom is -0.469 e. The minimum atomic E-state index is -0.349. The zero-order valence-corrected chi connectivity index (χ0v) is 20.4. The molecule has 3 aliphatic rings. The fourth-order valence-electron chi connectivity index (χ4n) is 5.41. The Morgan fingerprint density at radius 3 is 2.92 bits per heavy atom. The van der Waals surface area contributed by atoms with Crippen molar-refractivity contribution in [2.45, 2.75) is 57.1 Å². The molecule has 2 N–H and O–H groups in total. The second-order valence-corrected chi connectivity index (χ2v) is 10.3. The molecule has 9 nitrogen and oxygen atoms in total. The number of fused-ring (bicyclic) bond motifs is 1. The first-order valence-electron chi connectivity index (χ1n) is 12.8. The predicted molar refractivity (Wildman–Crippen MR) is 132 cm³/mol. The number of aromatic amines is 1. The van der Waals surface area contributed by atoms with Gasteiger partial charge in [0.2, 0.25) is 11.8 Å². The Morgan fingerprint density at radius 2 is 2.11 bits per heavy atom. The Bertz CT molecular complexity index is 1230. The zero-order valence-electron chi connectivity index (χ0n) is 20.4. The maximum atomic E-state index is 13.4. The van der Waals surface area contributed by atoms with Gasteiger partial charge in [-0.3, -0.25) is 14.7 Å². The van der Waals surface area contributed by atoms with E-state index in [9.17, 15) is 9.59 Å². The lowest BCUT2D eigenvalue weighted by Crippen LogP contribution is -2.55. The summed E-state index contributed by atoms with van der Waals surface area (Å²) in [5.41, 5.74) is 1.54. The van der Waals surface area contributed by atoms with E-state index in [1.807, 2.05) is 48.2 Å². The number of furan rings is 1. The van der Waals surface area contributed by atoms with Gasteiger partial charge in [0.15, 0.2) is 5.82 Å². The summed E-state index contributed by atoms with van der Waals surface area (Å²) in [6.07, 6.45) is 5.76. The number of nitrogens with zero attached hydrogens (tertiary/aromatic N) is 3. The van der Waals surface area contributed by atoms with Gasteiger partial charge in [-0.15, -0.1) is 0 Å². The van der Waals surface area contributed by atoms with Crippen molar-refractivity contribution in [1.82, 2.24) is 20.1 Å². The number of nitrogens with one attached hydrogen (secondary N) is 2. The Kier molecular flexibility index (Phi) is 6.08. The molecule has 4 atom stereocenters. The van der Waals surface area contributed by atoms with E-state index in [2.05, 4.69) is 20.5 Å². The molecule has 3 aromatic rings. The van der Waals surface area contributed by atoms with E-state index >= 15 is 0 Å². The van der Waals surface area contributed by atoms with E-state index in [1.54, 1.807) is 6.26 Å². The van der Waals surface area contributed by atoms with Crippen molar-refractivity contribution in [2.75, 3.05) is 18.5 Å². The van der Waals surface area contributed by atoms with Gasteiger partial charge in [-0.2, -0.15) is 5.10 Å². The summed E-state index contributed by atoms with van der Waals surface area (Å²) >= 11 is 0. The Hall–Kier alpha value is -3.46. The minimum absolute atomic E-state index is 0.0235. The van der Waals surface area contributed by atoms with Gasteiger partial charge in [0.25, 0.3) is 0 Å². The fraction of sp³-hybridized carbons (Fsp3) is 0.481. The molecule has 2 amide bonds. The highest BCUT2D eigenvalue weighted by atomic mass is 16.5. The maximum absolute atomic E-state index is 13.4. The Morgan fingerprint density at radius 1 is 1.22 bits per heavy atom. The Labute approximate surface area is 209 Å². The molecule has 4 heterocycles. The SMILES string of the molecule is CC(Cc1ccco1)C(=O)N1CC(C(=O)Nc2cccc(-c3n[nH]c(C4CC4)n3)c2)CC2OCCC21. The lowest BCUT2D eigenvalue weighted by molar-refractivity contribution is -0.144. The molecule has 2 saturated heterocycles. The van der Waals surface area contributed by atoms with Crippen LogP contribution in [0, 0.1) is 11.8 Å². The van der Waals surface area contributed by atoms with Crippen LogP contribution in [-0.4, -0.2) is 57.2 Å². The van der Waals surface area contributed by atoms with Crippen molar-refractivity contribution >= 4 is 17.5 Å². The van der Waals surface area contributed by atoms with E-state index in [-0.39, 0.29) is 35.8 Å². The molecule has 188 valence electrons. The second kappa shape index (κ2) is 9.54. The van der Waals surface area contributed by atoms with Crippen molar-refractivity contribution < 1.29 is 18.7 Å². The topological polar surface area (TPSA) is 113 Å². The molecular weight excluding hydrogens is 458 g/mol. The first-order chi connectivity index (χ1) is 17.5. The zero-order chi connectivity index (χ0) is 24.6. The van der Waals surface area contributed by atoms with Gasteiger partial charge in [-0.25, -0.2) is 4.98 Å². The van der Waals surface area contributed by atoms with Crippen LogP contribution < -0.4 is 5.32 Å². The van der Waals surface area contributed by atoms with Crippen molar-refractivity contribution in [1.29, 1.82) is 0 Å². The van der Waals surface area contributed by atoms with Gasteiger partial charge in [-0.1, -0.05) is 19.1 Å². The first-order valence-corrected chi connectivity index (χ1v) is 12.8. The lowest BCUT2D eigenvalue weighted by Gasteiger charge is -2.41. The van der Waals surface area contributed by atoms with Crippen LogP contribution in [0.1, 0.15) is 50.1 Å². The number of rotatable bonds is 7. The van der Waals surface area contributed by atoms with E-state index in [0.717, 1.165) is 36.4 Å². The Balaban J connectivity index is 1.14. The summed E-state index contributed by atoms with van der Waals surface area (Å²) in [4.78, 5) is 33.3. The quantitative estimate of drug-likeness (QED) is 0.522. The highest BCUT2D eigenvalue weighted by Crippen LogP contribution is 2.38. The summed E-state index contributed by atoms with van der Waals surface area (Å²) in [7, 11) is 0. The number of benzene rings is 1. The number of carbonyl (C=O) groups excluding carboxylic acids is 2. The van der Waals surface area contributed by atoms with E-state index < -0.39 is 0 Å². The molecule has 1 aromatic carbocycles. The highest BCUT2D eigenvalue weighted by molar-refractivity contribution is 5.94. The normalized spacial score (nSPS) is 24.4. The molecule has 9 heteroatoms. The summed E-state index contributed by atoms with van der Waals surface area (Å²) in [6.45, 7) is 2.92. The van der Waals surface area contributed by atoms with Gasteiger partial charge >= 0.3 is 0 Å². The number of aromatic nitrogens is 3. The van der Waals surface area contributed by atoms with Crippen LogP contribution in [0.15, 0.2) is 47.1 Å². The van der Waals surface area contributed by atoms with Crippen molar-refractivity contribution in [3.05, 3.63) is 54.2 Å². The fourth-order valence-corrected chi connectivity index (χ4v) is 5.41. The van der Waals surface area contributed by atoms with E-state index in [0.29, 0.717) is 43.4 Å². The smallest absolute Gasteiger partial charge is 0.229 e. The predicted octanol–water partition coefficient (Wildman–Crippen LogP) is 3.77. The first kappa shape index (κ1) is 23.0. The average molecular weight is 490 g/mol. The second-order valence-electron chi connectivity index (χ2n) is 10.3. The summed E-state index contributed by atoms with van der Waals surface area (Å²) in [6, 6.07) is 11.3. The van der Waals surface area contributed by atoms with Crippen LogP contribution in [0.2, 0.25) is 0 Å². The van der Waals surface area contributed by atoms with Crippen molar-refractivity contribution in [3.63, 3.8) is 0 Å². The molecule has 0 radical (unpaired) electrons. The number of piperidine rings is 1. The molecule has 0 spiro atoms. The third kappa shape index (κ3) is 4.67. The molecule has 2 aliphatic heterocycles. The van der Waals surface area contributed by atoms with Gasteiger partial charge < -0.3 is 19.4 Å². The molecule has 1 saturated carbocycles. The third-order valence-corrected chi connectivity index (χ3v) is 7.53. The lowest BCUT2D eigenvalue weighted by atomic mass is 9.88. The van der Waals surface area contributed by atoms with Crippen molar-refractivity contribution in [3.8, 4) is 11.4 Å². The molecule has 2 aromatic heterocycles. The van der Waals surface area contributed by atoms with Crippen LogP contribution in [0.3, 0.4) is 0 Å². The van der Waals surface area contributed by atoms with Crippen molar-refractivity contribution in [2.24, 2.45) is 11.8 Å². The van der Waals surface area contributed by atoms with Crippen LogP contribution in [-0.2, 0) is 20.7 Å². The summed E-state index contributed by atoms with van der Waals surface area (Å²) < 4.78 is 11.4. The van der Waals surface area contributed by atoms with Gasteiger partial charge in [0.1, 0.15) is 11.6 Å². The molecular formula is C27H31N5O4. The third-order valence-electron chi connectivity index (χ3n) is 7.53. The largest absolute Gasteiger partial charge is 0.469 e. The number of hydrogen-bond donors (Lipinski definition) is 2. The molecule has 1 aliphatic carbocycles. The van der Waals surface area contributed by atoms with E-state index in [4.69, 9.17) is 9.15 Å². The maximum Gasteiger partial charge on any atom is 0.229 e. The van der Waals surface area contributed by atoms with E-state index in [1.165, 1.54) is 0 Å². The molecule has 36 heavy (non-hydrogen) atoms. The number of ether oxygens (including phenoxy) is 1. The summed E-state index contributed by atoms with van der Waals surface area (Å²) in [5.74, 6) is 2.20. The highest BCUT2D eigenvalue weighted by Gasteiger charge is 2.45. The van der Waals surface area contributed by atoms with Gasteiger partial charge in [0, 0.05) is 42.7 Å². The number of carbonyl (C=O) groups is 2. The molecule has 6 rings (SSSR count). The monoisotopic (exact) mass is 489 g/mol.